The smallest absolute Gasteiger partial charge is 0.253 e. The zero-order valence-corrected chi connectivity index (χ0v) is 14.7. The summed E-state index contributed by atoms with van der Waals surface area (Å²) in [6.07, 6.45) is 9.63. The third-order valence-corrected chi connectivity index (χ3v) is 6.80. The maximum absolute atomic E-state index is 12.9. The number of fused-ring (bicyclic) bond motifs is 1. The lowest BCUT2D eigenvalue weighted by Crippen LogP contribution is -2.59. The number of aromatic amines is 1. The Hall–Kier alpha value is -1.29. The van der Waals surface area contributed by atoms with E-state index >= 15 is 0 Å². The summed E-state index contributed by atoms with van der Waals surface area (Å²) in [6, 6.07) is 6.04. The molecule has 4 fully saturated rings. The van der Waals surface area contributed by atoms with Gasteiger partial charge in [-0.3, -0.25) is 4.79 Å². The minimum Gasteiger partial charge on any atom is -0.360 e. The van der Waals surface area contributed by atoms with Crippen LogP contribution in [0.1, 0.15) is 48.9 Å². The van der Waals surface area contributed by atoms with Gasteiger partial charge >= 0.3 is 0 Å². The van der Waals surface area contributed by atoms with Crippen molar-refractivity contribution in [1.29, 1.82) is 0 Å². The van der Waals surface area contributed by atoms with E-state index < -0.39 is 0 Å². The number of aromatic nitrogens is 1. The number of halogens is 1. The molecule has 2 aromatic rings. The van der Waals surface area contributed by atoms with Gasteiger partial charge in [-0.05, 0) is 68.4 Å². The van der Waals surface area contributed by atoms with E-state index in [2.05, 4.69) is 26.2 Å². The molecule has 1 amide bonds. The molecule has 4 saturated carbocycles. The van der Waals surface area contributed by atoms with Gasteiger partial charge in [0.15, 0.2) is 0 Å². The Bertz CT molecular complexity index is 758. The van der Waals surface area contributed by atoms with Crippen molar-refractivity contribution < 1.29 is 4.79 Å². The second-order valence-electron chi connectivity index (χ2n) is 8.04. The molecule has 0 spiro atoms. The predicted molar refractivity (Wildman–Crippen MR) is 94.4 cm³/mol. The maximum Gasteiger partial charge on any atom is 0.253 e. The van der Waals surface area contributed by atoms with Crippen molar-refractivity contribution in [2.45, 2.75) is 44.1 Å². The first kappa shape index (κ1) is 14.1. The first-order valence-electron chi connectivity index (χ1n) is 8.69. The summed E-state index contributed by atoms with van der Waals surface area (Å²) in [4.78, 5) is 16.2. The number of hydrogen-bond acceptors (Lipinski definition) is 1. The number of nitrogens with one attached hydrogen (secondary N) is 2. The molecule has 4 aliphatic carbocycles. The van der Waals surface area contributed by atoms with E-state index in [1.54, 1.807) is 0 Å². The van der Waals surface area contributed by atoms with E-state index in [0.29, 0.717) is 0 Å². The fraction of sp³-hybridized carbons (Fsp3) is 0.526. The predicted octanol–water partition coefficient (Wildman–Crippen LogP) is 4.63. The van der Waals surface area contributed by atoms with Crippen molar-refractivity contribution in [3.05, 3.63) is 34.4 Å². The Kier molecular flexibility index (Phi) is 2.97. The number of rotatable bonds is 2. The van der Waals surface area contributed by atoms with Crippen molar-refractivity contribution in [3.8, 4) is 0 Å². The van der Waals surface area contributed by atoms with E-state index in [4.69, 9.17) is 0 Å². The molecule has 23 heavy (non-hydrogen) atoms. The Morgan fingerprint density at radius 3 is 2.43 bits per heavy atom. The normalized spacial score (nSPS) is 34.9. The molecule has 6 rings (SSSR count). The molecule has 3 nitrogen and oxygen atoms in total. The van der Waals surface area contributed by atoms with Crippen LogP contribution >= 0.6 is 15.9 Å². The van der Waals surface area contributed by atoms with Crippen LogP contribution in [-0.4, -0.2) is 16.4 Å². The lowest BCUT2D eigenvalue weighted by atomic mass is 9.53. The average Bonchev–Trinajstić information content (AvgIpc) is 2.88. The molecule has 120 valence electrons. The monoisotopic (exact) mass is 372 g/mol. The molecule has 1 aromatic carbocycles. The summed E-state index contributed by atoms with van der Waals surface area (Å²) < 4.78 is 1.03. The van der Waals surface area contributed by atoms with Gasteiger partial charge in [-0.1, -0.05) is 22.0 Å². The number of carbonyl (C=O) groups excluding carboxylic acids is 1. The minimum atomic E-state index is 0.0742. The Balaban J connectivity index is 1.44. The van der Waals surface area contributed by atoms with E-state index in [0.717, 1.165) is 38.7 Å². The summed E-state index contributed by atoms with van der Waals surface area (Å²) in [6.45, 7) is 0. The van der Waals surface area contributed by atoms with Crippen LogP contribution in [0.25, 0.3) is 10.9 Å². The van der Waals surface area contributed by atoms with Crippen LogP contribution in [0, 0.1) is 17.8 Å². The highest BCUT2D eigenvalue weighted by atomic mass is 79.9. The van der Waals surface area contributed by atoms with E-state index in [1.807, 2.05) is 24.4 Å². The lowest BCUT2D eigenvalue weighted by molar-refractivity contribution is -0.0166. The Morgan fingerprint density at radius 2 is 1.78 bits per heavy atom. The number of carbonyl (C=O) groups is 1. The summed E-state index contributed by atoms with van der Waals surface area (Å²) in [7, 11) is 0. The fourth-order valence-corrected chi connectivity index (χ4v) is 6.22. The molecular weight excluding hydrogens is 352 g/mol. The molecule has 1 aromatic heterocycles. The second-order valence-corrected chi connectivity index (χ2v) is 8.96. The number of benzene rings is 1. The van der Waals surface area contributed by atoms with Crippen LogP contribution in [0.5, 0.6) is 0 Å². The molecule has 0 saturated heterocycles. The number of H-pyrrole nitrogens is 1. The van der Waals surface area contributed by atoms with Gasteiger partial charge in [0.1, 0.15) is 0 Å². The molecule has 0 aliphatic heterocycles. The Morgan fingerprint density at radius 1 is 1.13 bits per heavy atom. The minimum absolute atomic E-state index is 0.0742. The molecular formula is C19H21BrN2O. The summed E-state index contributed by atoms with van der Waals surface area (Å²) in [5.74, 6) is 2.64. The van der Waals surface area contributed by atoms with Gasteiger partial charge in [0, 0.05) is 27.1 Å². The van der Waals surface area contributed by atoms with Gasteiger partial charge < -0.3 is 10.3 Å². The zero-order chi connectivity index (χ0) is 15.6. The van der Waals surface area contributed by atoms with Gasteiger partial charge in [-0.2, -0.15) is 0 Å². The first-order chi connectivity index (χ1) is 11.1. The lowest BCUT2D eigenvalue weighted by Gasteiger charge is -2.56. The van der Waals surface area contributed by atoms with Crippen LogP contribution in [0.4, 0.5) is 0 Å². The highest BCUT2D eigenvalue weighted by molar-refractivity contribution is 9.10. The van der Waals surface area contributed by atoms with E-state index in [9.17, 15) is 4.79 Å². The van der Waals surface area contributed by atoms with E-state index in [-0.39, 0.29) is 11.4 Å². The van der Waals surface area contributed by atoms with Gasteiger partial charge in [-0.15, -0.1) is 0 Å². The molecule has 4 aliphatic rings. The van der Waals surface area contributed by atoms with Gasteiger partial charge in [0.25, 0.3) is 5.91 Å². The molecule has 1 heterocycles. The fourth-order valence-electron chi connectivity index (χ4n) is 5.86. The summed E-state index contributed by atoms with van der Waals surface area (Å²) in [5, 5.41) is 4.47. The summed E-state index contributed by atoms with van der Waals surface area (Å²) >= 11 is 3.48. The third-order valence-electron chi connectivity index (χ3n) is 6.31. The van der Waals surface area contributed by atoms with Gasteiger partial charge in [-0.25, -0.2) is 0 Å². The van der Waals surface area contributed by atoms with Crippen LogP contribution in [0.3, 0.4) is 0 Å². The topological polar surface area (TPSA) is 44.9 Å². The van der Waals surface area contributed by atoms with Crippen LogP contribution in [0.15, 0.2) is 28.9 Å². The second kappa shape index (κ2) is 4.85. The SMILES string of the molecule is O=C(NC12CC3CC(CC(C3)C1)C2)c1c[nH]c2cc(Br)ccc12. The van der Waals surface area contributed by atoms with Crippen LogP contribution in [-0.2, 0) is 0 Å². The van der Waals surface area contributed by atoms with Crippen molar-refractivity contribution in [3.63, 3.8) is 0 Å². The highest BCUT2D eigenvalue weighted by Crippen LogP contribution is 2.55. The van der Waals surface area contributed by atoms with Crippen molar-refractivity contribution in [1.82, 2.24) is 10.3 Å². The number of hydrogen-bond donors (Lipinski definition) is 2. The molecule has 0 unspecified atom stereocenters. The van der Waals surface area contributed by atoms with Crippen LogP contribution in [0.2, 0.25) is 0 Å². The molecule has 0 atom stereocenters. The van der Waals surface area contributed by atoms with Crippen molar-refractivity contribution in [2.75, 3.05) is 0 Å². The maximum atomic E-state index is 12.9. The number of amides is 1. The van der Waals surface area contributed by atoms with Crippen molar-refractivity contribution >= 4 is 32.7 Å². The van der Waals surface area contributed by atoms with Crippen LogP contribution < -0.4 is 5.32 Å². The first-order valence-corrected chi connectivity index (χ1v) is 9.49. The highest BCUT2D eigenvalue weighted by Gasteiger charge is 2.51. The largest absolute Gasteiger partial charge is 0.360 e. The Labute approximate surface area is 144 Å². The molecule has 4 heteroatoms. The quantitative estimate of drug-likeness (QED) is 0.792. The summed E-state index contributed by atoms with van der Waals surface area (Å²) in [5.41, 5.74) is 1.86. The average molecular weight is 373 g/mol. The van der Waals surface area contributed by atoms with E-state index in [1.165, 1.54) is 38.5 Å². The molecule has 2 N–H and O–H groups in total. The molecule has 4 bridgehead atoms. The van der Waals surface area contributed by atoms with Gasteiger partial charge in [0.2, 0.25) is 0 Å². The van der Waals surface area contributed by atoms with Crippen molar-refractivity contribution in [2.24, 2.45) is 17.8 Å². The van der Waals surface area contributed by atoms with Gasteiger partial charge in [0.05, 0.1) is 5.56 Å². The molecule has 0 radical (unpaired) electrons. The third kappa shape index (κ3) is 2.25. The standard InChI is InChI=1S/C19H21BrN2O/c20-14-1-2-15-16(10-21-17(15)6-14)18(23)22-19-7-11-3-12(8-19)5-13(4-11)9-19/h1-2,6,10-13,21H,3-5,7-9H2,(H,22,23). The zero-order valence-electron chi connectivity index (χ0n) is 13.1.